The van der Waals surface area contributed by atoms with Gasteiger partial charge in [-0.05, 0) is 87.2 Å². The van der Waals surface area contributed by atoms with Gasteiger partial charge in [-0.15, -0.1) is 0 Å². The van der Waals surface area contributed by atoms with Crippen LogP contribution in [-0.2, 0) is 6.54 Å². The van der Waals surface area contributed by atoms with Crippen LogP contribution in [0.3, 0.4) is 0 Å². The van der Waals surface area contributed by atoms with Gasteiger partial charge in [0.25, 0.3) is 0 Å². The van der Waals surface area contributed by atoms with E-state index in [1.165, 1.54) is 11.1 Å². The second kappa shape index (κ2) is 7.14. The third-order valence-electron chi connectivity index (χ3n) is 2.98. The molecule has 106 valence electrons. The van der Waals surface area contributed by atoms with Crippen LogP contribution < -0.4 is 10.1 Å². The lowest BCUT2D eigenvalue weighted by atomic mass is 10.1. The predicted molar refractivity (Wildman–Crippen MR) is 91.5 cm³/mol. The van der Waals surface area contributed by atoms with Gasteiger partial charge < -0.3 is 10.1 Å². The standard InChI is InChI=1S/C16H17Br2NO/c1-3-20-13-5-7-16(11(2)8-13)19-10-12-4-6-14(17)15(18)9-12/h4-9,19H,3,10H2,1-2H3. The summed E-state index contributed by atoms with van der Waals surface area (Å²) in [5.41, 5.74) is 3.55. The third-order valence-corrected chi connectivity index (χ3v) is 4.86. The Morgan fingerprint density at radius 1 is 1.05 bits per heavy atom. The summed E-state index contributed by atoms with van der Waals surface area (Å²) >= 11 is 7.00. The summed E-state index contributed by atoms with van der Waals surface area (Å²) in [5, 5.41) is 3.45. The first-order valence-electron chi connectivity index (χ1n) is 6.51. The van der Waals surface area contributed by atoms with E-state index in [0.29, 0.717) is 6.61 Å². The molecule has 2 aromatic rings. The number of hydrogen-bond donors (Lipinski definition) is 1. The number of aryl methyl sites for hydroxylation is 1. The monoisotopic (exact) mass is 397 g/mol. The van der Waals surface area contributed by atoms with Gasteiger partial charge in [-0.3, -0.25) is 0 Å². The molecule has 0 atom stereocenters. The molecule has 0 aliphatic heterocycles. The average molecular weight is 399 g/mol. The van der Waals surface area contributed by atoms with Gasteiger partial charge in [0.05, 0.1) is 6.61 Å². The molecule has 0 aliphatic rings. The number of nitrogens with one attached hydrogen (secondary N) is 1. The largest absolute Gasteiger partial charge is 0.494 e. The summed E-state index contributed by atoms with van der Waals surface area (Å²) in [6, 6.07) is 12.4. The van der Waals surface area contributed by atoms with Crippen LogP contribution in [0.1, 0.15) is 18.1 Å². The first-order valence-corrected chi connectivity index (χ1v) is 8.10. The lowest BCUT2D eigenvalue weighted by Crippen LogP contribution is -2.01. The second-order valence-corrected chi connectivity index (χ2v) is 6.22. The van der Waals surface area contributed by atoms with Gasteiger partial charge in [0, 0.05) is 21.2 Å². The highest BCUT2D eigenvalue weighted by Crippen LogP contribution is 2.25. The van der Waals surface area contributed by atoms with Crippen LogP contribution in [0.5, 0.6) is 5.75 Å². The summed E-state index contributed by atoms with van der Waals surface area (Å²) < 4.78 is 7.63. The number of benzene rings is 2. The zero-order valence-electron chi connectivity index (χ0n) is 11.5. The van der Waals surface area contributed by atoms with E-state index in [0.717, 1.165) is 26.9 Å². The maximum Gasteiger partial charge on any atom is 0.119 e. The SMILES string of the molecule is CCOc1ccc(NCc2ccc(Br)c(Br)c2)c(C)c1. The maximum absolute atomic E-state index is 5.49. The van der Waals surface area contributed by atoms with Gasteiger partial charge >= 0.3 is 0 Å². The summed E-state index contributed by atoms with van der Waals surface area (Å²) in [6.07, 6.45) is 0. The Labute approximate surface area is 136 Å². The minimum absolute atomic E-state index is 0.694. The van der Waals surface area contributed by atoms with E-state index < -0.39 is 0 Å². The molecule has 0 amide bonds. The first kappa shape index (κ1) is 15.4. The molecule has 2 nitrogen and oxygen atoms in total. The van der Waals surface area contributed by atoms with E-state index in [-0.39, 0.29) is 0 Å². The fourth-order valence-corrected chi connectivity index (χ4v) is 2.61. The quantitative estimate of drug-likeness (QED) is 0.714. The van der Waals surface area contributed by atoms with Crippen molar-refractivity contribution in [2.24, 2.45) is 0 Å². The van der Waals surface area contributed by atoms with Gasteiger partial charge in [0.1, 0.15) is 5.75 Å². The Bertz CT molecular complexity index is 599. The van der Waals surface area contributed by atoms with Crippen molar-refractivity contribution in [2.45, 2.75) is 20.4 Å². The number of halogens is 2. The Balaban J connectivity index is 2.05. The van der Waals surface area contributed by atoms with Crippen LogP contribution in [-0.4, -0.2) is 6.61 Å². The van der Waals surface area contributed by atoms with Crippen LogP contribution in [0.15, 0.2) is 45.3 Å². The highest BCUT2D eigenvalue weighted by atomic mass is 79.9. The van der Waals surface area contributed by atoms with Gasteiger partial charge in [0.2, 0.25) is 0 Å². The molecule has 0 bridgehead atoms. The molecule has 0 radical (unpaired) electrons. The Kier molecular flexibility index (Phi) is 5.49. The van der Waals surface area contributed by atoms with Crippen LogP contribution in [0.2, 0.25) is 0 Å². The lowest BCUT2D eigenvalue weighted by molar-refractivity contribution is 0.340. The number of hydrogen-bond acceptors (Lipinski definition) is 2. The Morgan fingerprint density at radius 3 is 2.50 bits per heavy atom. The normalized spacial score (nSPS) is 10.4. The molecule has 0 aliphatic carbocycles. The van der Waals surface area contributed by atoms with Crippen LogP contribution in [0.25, 0.3) is 0 Å². The molecule has 0 unspecified atom stereocenters. The molecule has 2 rings (SSSR count). The molecule has 20 heavy (non-hydrogen) atoms. The summed E-state index contributed by atoms with van der Waals surface area (Å²) in [4.78, 5) is 0. The smallest absolute Gasteiger partial charge is 0.119 e. The van der Waals surface area contributed by atoms with E-state index in [1.54, 1.807) is 0 Å². The molecule has 4 heteroatoms. The van der Waals surface area contributed by atoms with Gasteiger partial charge in [0.15, 0.2) is 0 Å². The van der Waals surface area contributed by atoms with Crippen molar-refractivity contribution < 1.29 is 4.74 Å². The molecule has 0 saturated heterocycles. The van der Waals surface area contributed by atoms with Crippen molar-refractivity contribution in [3.63, 3.8) is 0 Å². The summed E-state index contributed by atoms with van der Waals surface area (Å²) in [5.74, 6) is 0.918. The number of rotatable bonds is 5. The average Bonchev–Trinajstić information content (AvgIpc) is 2.42. The molecule has 2 aromatic carbocycles. The van der Waals surface area contributed by atoms with Crippen molar-refractivity contribution >= 4 is 37.5 Å². The van der Waals surface area contributed by atoms with Crippen molar-refractivity contribution in [1.29, 1.82) is 0 Å². The van der Waals surface area contributed by atoms with Gasteiger partial charge in [-0.2, -0.15) is 0 Å². The van der Waals surface area contributed by atoms with E-state index in [1.807, 2.05) is 19.1 Å². The number of anilines is 1. The third kappa shape index (κ3) is 4.00. The summed E-state index contributed by atoms with van der Waals surface area (Å²) in [6.45, 7) is 5.56. The predicted octanol–water partition coefficient (Wildman–Crippen LogP) is 5.53. The second-order valence-electron chi connectivity index (χ2n) is 4.51. The Morgan fingerprint density at radius 2 is 1.85 bits per heavy atom. The van der Waals surface area contributed by atoms with E-state index in [4.69, 9.17) is 4.74 Å². The van der Waals surface area contributed by atoms with Crippen molar-refractivity contribution in [3.8, 4) is 5.75 Å². The minimum Gasteiger partial charge on any atom is -0.494 e. The van der Waals surface area contributed by atoms with Gasteiger partial charge in [-0.25, -0.2) is 0 Å². The fourth-order valence-electron chi connectivity index (χ4n) is 1.94. The van der Waals surface area contributed by atoms with Gasteiger partial charge in [-0.1, -0.05) is 6.07 Å². The maximum atomic E-state index is 5.49. The topological polar surface area (TPSA) is 21.3 Å². The van der Waals surface area contributed by atoms with E-state index in [9.17, 15) is 0 Å². The van der Waals surface area contributed by atoms with Crippen molar-refractivity contribution in [2.75, 3.05) is 11.9 Å². The van der Waals surface area contributed by atoms with E-state index >= 15 is 0 Å². The van der Waals surface area contributed by atoms with Crippen LogP contribution in [0, 0.1) is 6.92 Å². The molecule has 0 fully saturated rings. The molecule has 0 heterocycles. The highest BCUT2D eigenvalue weighted by Gasteiger charge is 2.02. The van der Waals surface area contributed by atoms with E-state index in [2.05, 4.69) is 68.4 Å². The zero-order chi connectivity index (χ0) is 14.5. The van der Waals surface area contributed by atoms with Crippen molar-refractivity contribution in [1.82, 2.24) is 0 Å². The zero-order valence-corrected chi connectivity index (χ0v) is 14.7. The van der Waals surface area contributed by atoms with Crippen LogP contribution in [0.4, 0.5) is 5.69 Å². The van der Waals surface area contributed by atoms with Crippen molar-refractivity contribution in [3.05, 3.63) is 56.5 Å². The first-order chi connectivity index (χ1) is 9.60. The lowest BCUT2D eigenvalue weighted by Gasteiger charge is -2.12. The molecule has 0 saturated carbocycles. The Hall–Kier alpha value is -1.000. The van der Waals surface area contributed by atoms with Crippen LogP contribution >= 0.6 is 31.9 Å². The number of ether oxygens (including phenoxy) is 1. The molecular weight excluding hydrogens is 382 g/mol. The minimum atomic E-state index is 0.694. The fraction of sp³-hybridized carbons (Fsp3) is 0.250. The molecule has 0 aromatic heterocycles. The summed E-state index contributed by atoms with van der Waals surface area (Å²) in [7, 11) is 0. The molecule has 0 spiro atoms. The molecule has 1 N–H and O–H groups in total. The highest BCUT2D eigenvalue weighted by molar-refractivity contribution is 9.13. The molecular formula is C16H17Br2NO.